The van der Waals surface area contributed by atoms with Gasteiger partial charge in [0.2, 0.25) is 0 Å². The van der Waals surface area contributed by atoms with Crippen LogP contribution in [0.1, 0.15) is 43.0 Å². The number of nitrogens with zero attached hydrogens (tertiary/aromatic N) is 1. The van der Waals surface area contributed by atoms with E-state index in [0.29, 0.717) is 5.71 Å². The number of urea groups is 1. The molecule has 2 N–H and O–H groups in total. The highest BCUT2D eigenvalue weighted by molar-refractivity contribution is 5.98. The van der Waals surface area contributed by atoms with Gasteiger partial charge in [0.25, 0.3) is 0 Å². The molecule has 0 aliphatic carbocycles. The van der Waals surface area contributed by atoms with Crippen LogP contribution in [0.5, 0.6) is 0 Å². The summed E-state index contributed by atoms with van der Waals surface area (Å²) in [5.74, 6) is 0. The van der Waals surface area contributed by atoms with Crippen LogP contribution >= 0.6 is 0 Å². The lowest BCUT2D eigenvalue weighted by Crippen LogP contribution is -2.43. The third-order valence-corrected chi connectivity index (χ3v) is 4.46. The zero-order valence-corrected chi connectivity index (χ0v) is 16.9. The first-order valence-corrected chi connectivity index (χ1v) is 8.89. The monoisotopic (exact) mass is 407 g/mol. The van der Waals surface area contributed by atoms with Crippen molar-refractivity contribution in [2.75, 3.05) is 12.4 Å². The fourth-order valence-corrected chi connectivity index (χ4v) is 2.85. The van der Waals surface area contributed by atoms with E-state index in [4.69, 9.17) is 4.84 Å². The maximum atomic E-state index is 13.1. The zero-order chi connectivity index (χ0) is 21.8. The van der Waals surface area contributed by atoms with Gasteiger partial charge in [0.1, 0.15) is 7.11 Å². The van der Waals surface area contributed by atoms with E-state index < -0.39 is 23.3 Å². The highest BCUT2D eigenvalue weighted by atomic mass is 19.4. The Morgan fingerprint density at radius 2 is 1.79 bits per heavy atom. The van der Waals surface area contributed by atoms with Crippen molar-refractivity contribution in [3.05, 3.63) is 64.7 Å². The van der Waals surface area contributed by atoms with Crippen molar-refractivity contribution in [2.24, 2.45) is 5.16 Å². The van der Waals surface area contributed by atoms with Crippen molar-refractivity contribution in [1.29, 1.82) is 0 Å². The Hall–Kier alpha value is -3.03. The van der Waals surface area contributed by atoms with Gasteiger partial charge in [0.15, 0.2) is 0 Å². The van der Waals surface area contributed by atoms with Crippen LogP contribution in [0, 0.1) is 6.92 Å². The van der Waals surface area contributed by atoms with Crippen molar-refractivity contribution in [3.63, 3.8) is 0 Å². The first kappa shape index (κ1) is 22.3. The number of hydrogen-bond acceptors (Lipinski definition) is 3. The number of benzene rings is 2. The van der Waals surface area contributed by atoms with Gasteiger partial charge in [0.05, 0.1) is 16.8 Å². The molecule has 5 nitrogen and oxygen atoms in total. The third kappa shape index (κ3) is 5.73. The van der Waals surface area contributed by atoms with Gasteiger partial charge < -0.3 is 15.5 Å². The van der Waals surface area contributed by atoms with E-state index in [1.807, 2.05) is 24.3 Å². The van der Waals surface area contributed by atoms with Crippen LogP contribution in [-0.4, -0.2) is 18.9 Å². The minimum Gasteiger partial charge on any atom is -0.399 e. The Balaban J connectivity index is 2.18. The standard InChI is InChI=1S/C21H24F3N3O2/c1-13-9-10-17(12-18(13)21(22,23)24)25-19(28)26-20(3,4)16-8-6-7-15(11-16)14(2)27-29-5/h6-12H,1-5H3,(H2,25,26,28)/b27-14+. The molecule has 2 aromatic rings. The van der Waals surface area contributed by atoms with Crippen LogP contribution in [0.15, 0.2) is 47.6 Å². The van der Waals surface area contributed by atoms with Crippen LogP contribution in [0.4, 0.5) is 23.7 Å². The molecule has 0 fully saturated rings. The number of aryl methyl sites for hydroxylation is 1. The maximum Gasteiger partial charge on any atom is 0.416 e. The summed E-state index contributed by atoms with van der Waals surface area (Å²) in [6, 6.07) is 10.5. The summed E-state index contributed by atoms with van der Waals surface area (Å²) < 4.78 is 39.2. The molecule has 8 heteroatoms. The summed E-state index contributed by atoms with van der Waals surface area (Å²) in [6.07, 6.45) is -4.49. The topological polar surface area (TPSA) is 62.7 Å². The molecule has 0 aliphatic heterocycles. The minimum absolute atomic E-state index is 0.0630. The van der Waals surface area contributed by atoms with E-state index >= 15 is 0 Å². The van der Waals surface area contributed by atoms with Crippen LogP contribution in [0.3, 0.4) is 0 Å². The molecule has 2 amide bonds. The van der Waals surface area contributed by atoms with Gasteiger partial charge in [-0.3, -0.25) is 0 Å². The second kappa shape index (κ2) is 8.55. The number of hydrogen-bond donors (Lipinski definition) is 2. The first-order valence-electron chi connectivity index (χ1n) is 8.89. The number of carbonyl (C=O) groups excluding carboxylic acids is 1. The second-order valence-corrected chi connectivity index (χ2v) is 7.17. The number of oxime groups is 1. The van der Waals surface area contributed by atoms with E-state index in [1.165, 1.54) is 26.2 Å². The Labute approximate surface area is 167 Å². The van der Waals surface area contributed by atoms with Crippen molar-refractivity contribution in [2.45, 2.75) is 39.4 Å². The number of alkyl halides is 3. The lowest BCUT2D eigenvalue weighted by Gasteiger charge is -2.27. The molecule has 0 aromatic heterocycles. The Kier molecular flexibility index (Phi) is 6.56. The summed E-state index contributed by atoms with van der Waals surface area (Å²) in [5, 5.41) is 9.16. The molecular weight excluding hydrogens is 383 g/mol. The van der Waals surface area contributed by atoms with Gasteiger partial charge >= 0.3 is 12.2 Å². The Bertz CT molecular complexity index is 922. The van der Waals surface area contributed by atoms with Crippen molar-refractivity contribution in [1.82, 2.24) is 5.32 Å². The normalized spacial score (nSPS) is 12.5. The average Bonchev–Trinajstić information content (AvgIpc) is 2.62. The molecule has 2 aromatic carbocycles. The minimum atomic E-state index is -4.49. The number of halogens is 3. The van der Waals surface area contributed by atoms with E-state index in [-0.39, 0.29) is 11.3 Å². The van der Waals surface area contributed by atoms with Crippen LogP contribution in [0.25, 0.3) is 0 Å². The molecule has 0 spiro atoms. The van der Waals surface area contributed by atoms with Gasteiger partial charge in [0, 0.05) is 5.69 Å². The highest BCUT2D eigenvalue weighted by Crippen LogP contribution is 2.33. The SMILES string of the molecule is CO/N=C(\C)c1cccc(C(C)(C)NC(=O)Nc2ccc(C)c(C(F)(F)F)c2)c1. The summed E-state index contributed by atoms with van der Waals surface area (Å²) in [5.41, 5.74) is 0.889. The van der Waals surface area contributed by atoms with Gasteiger partial charge in [-0.25, -0.2) is 4.79 Å². The van der Waals surface area contributed by atoms with Crippen LogP contribution in [-0.2, 0) is 16.6 Å². The lowest BCUT2D eigenvalue weighted by atomic mass is 9.92. The molecule has 0 radical (unpaired) electrons. The molecule has 156 valence electrons. The maximum absolute atomic E-state index is 13.1. The number of anilines is 1. The van der Waals surface area contributed by atoms with Gasteiger partial charge in [-0.15, -0.1) is 0 Å². The molecule has 2 rings (SSSR count). The Morgan fingerprint density at radius 1 is 1.10 bits per heavy atom. The first-order chi connectivity index (χ1) is 13.4. The largest absolute Gasteiger partial charge is 0.416 e. The fourth-order valence-electron chi connectivity index (χ4n) is 2.85. The molecule has 0 atom stereocenters. The molecule has 0 saturated carbocycles. The molecule has 0 bridgehead atoms. The average molecular weight is 407 g/mol. The lowest BCUT2D eigenvalue weighted by molar-refractivity contribution is -0.138. The quantitative estimate of drug-likeness (QED) is 0.512. The van der Waals surface area contributed by atoms with Gasteiger partial charge in [-0.2, -0.15) is 13.2 Å². The summed E-state index contributed by atoms with van der Waals surface area (Å²) in [7, 11) is 1.46. The fraction of sp³-hybridized carbons (Fsp3) is 0.333. The summed E-state index contributed by atoms with van der Waals surface area (Å²) in [4.78, 5) is 17.2. The summed E-state index contributed by atoms with van der Waals surface area (Å²) >= 11 is 0. The molecule has 0 unspecified atom stereocenters. The van der Waals surface area contributed by atoms with Gasteiger partial charge in [-0.1, -0.05) is 29.4 Å². The highest BCUT2D eigenvalue weighted by Gasteiger charge is 2.32. The molecular formula is C21H24F3N3O2. The van der Waals surface area contributed by atoms with E-state index in [0.717, 1.165) is 17.2 Å². The van der Waals surface area contributed by atoms with Crippen molar-refractivity contribution >= 4 is 17.4 Å². The summed E-state index contributed by atoms with van der Waals surface area (Å²) in [6.45, 7) is 6.76. The van der Waals surface area contributed by atoms with Gasteiger partial charge in [-0.05, 0) is 62.6 Å². The third-order valence-electron chi connectivity index (χ3n) is 4.46. The van der Waals surface area contributed by atoms with E-state index in [9.17, 15) is 18.0 Å². The van der Waals surface area contributed by atoms with E-state index in [1.54, 1.807) is 20.8 Å². The molecule has 0 heterocycles. The number of nitrogens with one attached hydrogen (secondary N) is 2. The predicted octanol–water partition coefficient (Wildman–Crippen LogP) is 5.44. The predicted molar refractivity (Wildman–Crippen MR) is 107 cm³/mol. The molecule has 0 aliphatic rings. The number of amides is 2. The van der Waals surface area contributed by atoms with Crippen molar-refractivity contribution < 1.29 is 22.8 Å². The van der Waals surface area contributed by atoms with Crippen LogP contribution in [0.2, 0.25) is 0 Å². The second-order valence-electron chi connectivity index (χ2n) is 7.17. The number of rotatable bonds is 5. The Morgan fingerprint density at radius 3 is 2.41 bits per heavy atom. The number of carbonyl (C=O) groups is 1. The molecule has 0 saturated heterocycles. The zero-order valence-electron chi connectivity index (χ0n) is 16.9. The smallest absolute Gasteiger partial charge is 0.399 e. The molecule has 29 heavy (non-hydrogen) atoms. The van der Waals surface area contributed by atoms with Crippen LogP contribution < -0.4 is 10.6 Å². The van der Waals surface area contributed by atoms with Crippen molar-refractivity contribution in [3.8, 4) is 0 Å². The van der Waals surface area contributed by atoms with E-state index in [2.05, 4.69) is 15.8 Å².